The molecule has 1 aromatic rings. The molecule has 0 saturated heterocycles. The molecule has 18 heavy (non-hydrogen) atoms. The summed E-state index contributed by atoms with van der Waals surface area (Å²) in [6, 6.07) is 9.12. The third kappa shape index (κ3) is 3.57. The first-order valence-electron chi connectivity index (χ1n) is 6.78. The number of aliphatic hydroxyl groups is 1. The van der Waals surface area contributed by atoms with E-state index in [1.54, 1.807) is 12.1 Å². The molecule has 0 aliphatic heterocycles. The van der Waals surface area contributed by atoms with Crippen molar-refractivity contribution in [3.63, 3.8) is 0 Å². The van der Waals surface area contributed by atoms with Crippen molar-refractivity contribution in [2.45, 2.75) is 38.2 Å². The summed E-state index contributed by atoms with van der Waals surface area (Å²) in [7, 11) is 0. The summed E-state index contributed by atoms with van der Waals surface area (Å²) >= 11 is 0. The van der Waals surface area contributed by atoms with Gasteiger partial charge in [-0.2, -0.15) is 0 Å². The van der Waals surface area contributed by atoms with Gasteiger partial charge in [-0.25, -0.2) is 0 Å². The van der Waals surface area contributed by atoms with E-state index in [4.69, 9.17) is 0 Å². The Morgan fingerprint density at radius 1 is 1.22 bits per heavy atom. The number of carbonyl (C=O) groups is 1. The molecule has 1 saturated carbocycles. The number of rotatable bonds is 4. The smallest absolute Gasteiger partial charge is 0.251 e. The second-order valence-corrected chi connectivity index (χ2v) is 5.04. The molecule has 0 heterocycles. The molecule has 2 N–H and O–H groups in total. The van der Waals surface area contributed by atoms with E-state index in [-0.39, 0.29) is 5.91 Å². The summed E-state index contributed by atoms with van der Waals surface area (Å²) in [6.07, 6.45) is 5.45. The Balaban J connectivity index is 1.78. The molecule has 1 aromatic carbocycles. The molecule has 1 atom stereocenters. The summed E-state index contributed by atoms with van der Waals surface area (Å²) in [4.78, 5) is 11.8. The number of aliphatic hydroxyl groups excluding tert-OH is 1. The minimum atomic E-state index is -0.405. The third-order valence-electron chi connectivity index (χ3n) is 3.70. The zero-order valence-electron chi connectivity index (χ0n) is 10.6. The molecule has 1 fully saturated rings. The Morgan fingerprint density at radius 2 is 1.89 bits per heavy atom. The van der Waals surface area contributed by atoms with Gasteiger partial charge in [0.05, 0.1) is 6.10 Å². The van der Waals surface area contributed by atoms with Crippen LogP contribution in [0.15, 0.2) is 30.3 Å². The molecule has 0 radical (unpaired) electrons. The van der Waals surface area contributed by atoms with Crippen molar-refractivity contribution in [3.05, 3.63) is 35.9 Å². The van der Waals surface area contributed by atoms with Gasteiger partial charge in [-0.3, -0.25) is 4.79 Å². The zero-order valence-corrected chi connectivity index (χ0v) is 10.6. The van der Waals surface area contributed by atoms with Crippen LogP contribution in [0.25, 0.3) is 0 Å². The number of benzene rings is 1. The van der Waals surface area contributed by atoms with Crippen LogP contribution in [0.2, 0.25) is 0 Å². The predicted molar refractivity (Wildman–Crippen MR) is 71.4 cm³/mol. The molecule has 1 unspecified atom stereocenters. The van der Waals surface area contributed by atoms with E-state index in [0.29, 0.717) is 18.0 Å². The lowest BCUT2D eigenvalue weighted by Gasteiger charge is -2.26. The molecule has 98 valence electrons. The molecular formula is C15H21NO2. The zero-order chi connectivity index (χ0) is 12.8. The topological polar surface area (TPSA) is 49.3 Å². The van der Waals surface area contributed by atoms with Crippen molar-refractivity contribution in [1.82, 2.24) is 5.32 Å². The average molecular weight is 247 g/mol. The fourth-order valence-corrected chi connectivity index (χ4v) is 2.57. The van der Waals surface area contributed by atoms with Gasteiger partial charge < -0.3 is 10.4 Å². The van der Waals surface area contributed by atoms with Gasteiger partial charge in [0.15, 0.2) is 0 Å². The van der Waals surface area contributed by atoms with Crippen molar-refractivity contribution in [1.29, 1.82) is 0 Å². The molecule has 3 nitrogen and oxygen atoms in total. The minimum Gasteiger partial charge on any atom is -0.391 e. The molecule has 0 spiro atoms. The lowest BCUT2D eigenvalue weighted by molar-refractivity contribution is 0.0738. The highest BCUT2D eigenvalue weighted by Crippen LogP contribution is 2.26. The monoisotopic (exact) mass is 247 g/mol. The average Bonchev–Trinajstić information content (AvgIpc) is 2.46. The van der Waals surface area contributed by atoms with Gasteiger partial charge in [0.1, 0.15) is 0 Å². The second-order valence-electron chi connectivity index (χ2n) is 5.04. The Hall–Kier alpha value is -1.35. The van der Waals surface area contributed by atoms with Crippen LogP contribution in [0.4, 0.5) is 0 Å². The number of carbonyl (C=O) groups excluding carboxylic acids is 1. The van der Waals surface area contributed by atoms with E-state index in [2.05, 4.69) is 5.32 Å². The van der Waals surface area contributed by atoms with E-state index in [9.17, 15) is 9.90 Å². The second kappa shape index (κ2) is 6.55. The maximum Gasteiger partial charge on any atom is 0.251 e. The van der Waals surface area contributed by atoms with Crippen LogP contribution in [-0.2, 0) is 0 Å². The normalized spacial score (nSPS) is 18.3. The van der Waals surface area contributed by atoms with E-state index < -0.39 is 6.10 Å². The van der Waals surface area contributed by atoms with Crippen LogP contribution >= 0.6 is 0 Å². The highest BCUT2D eigenvalue weighted by atomic mass is 16.3. The van der Waals surface area contributed by atoms with Gasteiger partial charge in [0.2, 0.25) is 0 Å². The lowest BCUT2D eigenvalue weighted by Crippen LogP contribution is -2.37. The van der Waals surface area contributed by atoms with Crippen LogP contribution in [0.5, 0.6) is 0 Å². The molecule has 2 rings (SSSR count). The first kappa shape index (κ1) is 13.1. The van der Waals surface area contributed by atoms with Gasteiger partial charge in [-0.15, -0.1) is 0 Å². The van der Waals surface area contributed by atoms with Crippen molar-refractivity contribution in [2.75, 3.05) is 6.54 Å². The Labute approximate surface area is 108 Å². The first-order valence-corrected chi connectivity index (χ1v) is 6.78. The first-order chi connectivity index (χ1) is 8.77. The molecule has 0 bridgehead atoms. The Morgan fingerprint density at radius 3 is 2.56 bits per heavy atom. The van der Waals surface area contributed by atoms with Gasteiger partial charge >= 0.3 is 0 Å². The van der Waals surface area contributed by atoms with E-state index in [1.807, 2.05) is 18.2 Å². The largest absolute Gasteiger partial charge is 0.391 e. The van der Waals surface area contributed by atoms with E-state index in [1.165, 1.54) is 19.3 Å². The van der Waals surface area contributed by atoms with E-state index in [0.717, 1.165) is 12.8 Å². The van der Waals surface area contributed by atoms with Crippen molar-refractivity contribution >= 4 is 5.91 Å². The van der Waals surface area contributed by atoms with Gasteiger partial charge in [0.25, 0.3) is 5.91 Å². The quantitative estimate of drug-likeness (QED) is 0.858. The van der Waals surface area contributed by atoms with Gasteiger partial charge in [-0.05, 0) is 30.9 Å². The van der Waals surface area contributed by atoms with Crippen molar-refractivity contribution < 1.29 is 9.90 Å². The van der Waals surface area contributed by atoms with Crippen LogP contribution in [-0.4, -0.2) is 23.7 Å². The molecular weight excluding hydrogens is 226 g/mol. The molecule has 0 aromatic heterocycles. The summed E-state index contributed by atoms with van der Waals surface area (Å²) in [5, 5.41) is 12.9. The standard InChI is InChI=1S/C15H21NO2/c17-14(12-7-3-1-4-8-12)11-16-15(18)13-9-5-2-6-10-13/h2,5-6,9-10,12,14,17H,1,3-4,7-8,11H2,(H,16,18). The predicted octanol–water partition coefficient (Wildman–Crippen LogP) is 2.36. The van der Waals surface area contributed by atoms with Gasteiger partial charge in [0, 0.05) is 12.1 Å². The van der Waals surface area contributed by atoms with E-state index >= 15 is 0 Å². The SMILES string of the molecule is O=C(NCC(O)C1CCCCC1)c1ccccc1. The Bertz CT molecular complexity index is 371. The van der Waals surface area contributed by atoms with Crippen LogP contribution < -0.4 is 5.32 Å². The maximum absolute atomic E-state index is 11.8. The van der Waals surface area contributed by atoms with Crippen molar-refractivity contribution in [3.8, 4) is 0 Å². The third-order valence-corrected chi connectivity index (χ3v) is 3.70. The van der Waals surface area contributed by atoms with Crippen LogP contribution in [0.1, 0.15) is 42.5 Å². The summed E-state index contributed by atoms with van der Waals surface area (Å²) < 4.78 is 0. The van der Waals surface area contributed by atoms with Crippen LogP contribution in [0, 0.1) is 5.92 Å². The molecule has 1 aliphatic rings. The number of hydrogen-bond donors (Lipinski definition) is 2. The summed E-state index contributed by atoms with van der Waals surface area (Å²) in [5.41, 5.74) is 0.647. The fraction of sp³-hybridized carbons (Fsp3) is 0.533. The molecule has 1 amide bonds. The highest BCUT2D eigenvalue weighted by Gasteiger charge is 2.21. The number of nitrogens with one attached hydrogen (secondary N) is 1. The number of amides is 1. The number of hydrogen-bond acceptors (Lipinski definition) is 2. The molecule has 3 heteroatoms. The molecule has 1 aliphatic carbocycles. The fourth-order valence-electron chi connectivity index (χ4n) is 2.57. The summed E-state index contributed by atoms with van der Waals surface area (Å²) in [5.74, 6) is 0.250. The summed E-state index contributed by atoms with van der Waals surface area (Å²) in [6.45, 7) is 0.360. The van der Waals surface area contributed by atoms with Crippen LogP contribution in [0.3, 0.4) is 0 Å². The highest BCUT2D eigenvalue weighted by molar-refractivity contribution is 5.94. The van der Waals surface area contributed by atoms with Gasteiger partial charge in [-0.1, -0.05) is 37.5 Å². The minimum absolute atomic E-state index is 0.106. The lowest BCUT2D eigenvalue weighted by atomic mass is 9.85. The maximum atomic E-state index is 11.8. The Kier molecular flexibility index (Phi) is 4.76. The van der Waals surface area contributed by atoms with Crippen molar-refractivity contribution in [2.24, 2.45) is 5.92 Å².